The Balaban J connectivity index is 1.70. The monoisotopic (exact) mass is 277 g/mol. The topological polar surface area (TPSA) is 41.9 Å². The zero-order chi connectivity index (χ0) is 14.1. The minimum Gasteiger partial charge on any atom is -0.497 e. The van der Waals surface area contributed by atoms with Crippen LogP contribution in [0.3, 0.4) is 0 Å². The summed E-state index contributed by atoms with van der Waals surface area (Å²) in [5.74, 6) is 0.810. The molecule has 1 aromatic rings. The van der Waals surface area contributed by atoms with E-state index in [-0.39, 0.29) is 6.04 Å². The Hall–Kier alpha value is -1.10. The summed E-state index contributed by atoms with van der Waals surface area (Å²) in [6.45, 7) is 1.77. The summed E-state index contributed by atoms with van der Waals surface area (Å²) < 4.78 is 10.9. The second-order valence-corrected chi connectivity index (χ2v) is 5.86. The summed E-state index contributed by atoms with van der Waals surface area (Å²) >= 11 is 0. The van der Waals surface area contributed by atoms with Crippen LogP contribution in [0.15, 0.2) is 18.2 Å². The lowest BCUT2D eigenvalue weighted by Crippen LogP contribution is -2.39. The van der Waals surface area contributed by atoms with Crippen molar-refractivity contribution in [3.63, 3.8) is 0 Å². The van der Waals surface area contributed by atoms with Crippen molar-refractivity contribution in [1.29, 1.82) is 0 Å². The van der Waals surface area contributed by atoms with Gasteiger partial charge in [0.1, 0.15) is 5.75 Å². The molecule has 3 rings (SSSR count). The molecule has 1 aromatic carbocycles. The summed E-state index contributed by atoms with van der Waals surface area (Å²) in [5, 5.41) is 10.6. The maximum absolute atomic E-state index is 10.6. The average molecular weight is 277 g/mol. The van der Waals surface area contributed by atoms with Crippen LogP contribution >= 0.6 is 0 Å². The van der Waals surface area contributed by atoms with Crippen molar-refractivity contribution in [1.82, 2.24) is 4.90 Å². The molecule has 0 saturated carbocycles. The molecule has 20 heavy (non-hydrogen) atoms. The molecule has 2 aliphatic rings. The fourth-order valence-electron chi connectivity index (χ4n) is 3.35. The van der Waals surface area contributed by atoms with Gasteiger partial charge in [-0.2, -0.15) is 0 Å². The number of methoxy groups -OCH3 is 1. The first-order valence-corrected chi connectivity index (χ1v) is 7.35. The van der Waals surface area contributed by atoms with Crippen LogP contribution in [0, 0.1) is 0 Å². The van der Waals surface area contributed by atoms with Crippen molar-refractivity contribution >= 4 is 0 Å². The van der Waals surface area contributed by atoms with Gasteiger partial charge in [0.2, 0.25) is 0 Å². The number of likely N-dealkylation sites (N-methyl/N-ethyl adjacent to an activating group) is 1. The van der Waals surface area contributed by atoms with E-state index in [0.717, 1.165) is 43.7 Å². The van der Waals surface area contributed by atoms with E-state index in [0.29, 0.717) is 6.10 Å². The second kappa shape index (κ2) is 5.72. The van der Waals surface area contributed by atoms with Crippen molar-refractivity contribution in [3.05, 3.63) is 29.3 Å². The van der Waals surface area contributed by atoms with Gasteiger partial charge >= 0.3 is 0 Å². The quantitative estimate of drug-likeness (QED) is 0.910. The average Bonchev–Trinajstić information content (AvgIpc) is 3.07. The number of fused-ring (bicyclic) bond motifs is 1. The van der Waals surface area contributed by atoms with Crippen LogP contribution in [-0.4, -0.2) is 49.5 Å². The van der Waals surface area contributed by atoms with Gasteiger partial charge in [0.15, 0.2) is 0 Å². The molecule has 1 saturated heterocycles. The highest BCUT2D eigenvalue weighted by Gasteiger charge is 2.35. The number of hydrogen-bond donors (Lipinski definition) is 1. The van der Waals surface area contributed by atoms with Gasteiger partial charge in [-0.15, -0.1) is 0 Å². The molecule has 4 heteroatoms. The normalized spacial score (nSPS) is 28.9. The van der Waals surface area contributed by atoms with Crippen molar-refractivity contribution in [2.45, 2.75) is 37.5 Å². The number of nitrogens with zero attached hydrogens (tertiary/aromatic N) is 1. The lowest BCUT2D eigenvalue weighted by Gasteiger charge is -2.29. The van der Waals surface area contributed by atoms with Crippen LogP contribution in [0.1, 0.15) is 30.1 Å². The molecule has 3 unspecified atom stereocenters. The number of rotatable bonds is 4. The molecular weight excluding hydrogens is 254 g/mol. The van der Waals surface area contributed by atoms with Crippen LogP contribution in [0.2, 0.25) is 0 Å². The Labute approximate surface area is 120 Å². The van der Waals surface area contributed by atoms with E-state index >= 15 is 0 Å². The minimum absolute atomic E-state index is 0.140. The van der Waals surface area contributed by atoms with Crippen LogP contribution in [0.5, 0.6) is 5.75 Å². The lowest BCUT2D eigenvalue weighted by molar-refractivity contribution is 0.0306. The van der Waals surface area contributed by atoms with E-state index in [2.05, 4.69) is 18.0 Å². The molecule has 1 N–H and O–H groups in total. The van der Waals surface area contributed by atoms with Crippen LogP contribution < -0.4 is 4.74 Å². The van der Waals surface area contributed by atoms with Crippen LogP contribution in [0.25, 0.3) is 0 Å². The predicted octanol–water partition coefficient (Wildman–Crippen LogP) is 1.76. The first kappa shape index (κ1) is 13.9. The van der Waals surface area contributed by atoms with Gasteiger partial charge in [-0.25, -0.2) is 0 Å². The smallest absolute Gasteiger partial charge is 0.119 e. The molecule has 0 radical (unpaired) electrons. The molecule has 0 spiro atoms. The number of ether oxygens (including phenoxy) is 2. The van der Waals surface area contributed by atoms with Gasteiger partial charge in [-0.1, -0.05) is 6.07 Å². The molecule has 0 aromatic heterocycles. The van der Waals surface area contributed by atoms with Gasteiger partial charge in [0, 0.05) is 19.2 Å². The van der Waals surface area contributed by atoms with Crippen molar-refractivity contribution in [2.24, 2.45) is 0 Å². The van der Waals surface area contributed by atoms with Gasteiger partial charge in [0.05, 0.1) is 19.3 Å². The Morgan fingerprint density at radius 1 is 1.45 bits per heavy atom. The summed E-state index contributed by atoms with van der Waals surface area (Å²) in [7, 11) is 3.74. The maximum Gasteiger partial charge on any atom is 0.119 e. The first-order chi connectivity index (χ1) is 9.69. The number of aliphatic hydroxyl groups excluding tert-OH is 1. The van der Waals surface area contributed by atoms with Gasteiger partial charge < -0.3 is 14.6 Å². The van der Waals surface area contributed by atoms with E-state index in [4.69, 9.17) is 9.47 Å². The molecule has 0 amide bonds. The molecule has 1 heterocycles. The highest BCUT2D eigenvalue weighted by Crippen LogP contribution is 2.36. The minimum atomic E-state index is -0.438. The van der Waals surface area contributed by atoms with E-state index in [1.807, 2.05) is 12.1 Å². The Bertz CT molecular complexity index is 471. The molecule has 110 valence electrons. The first-order valence-electron chi connectivity index (χ1n) is 7.35. The number of benzene rings is 1. The van der Waals surface area contributed by atoms with Gasteiger partial charge in [-0.3, -0.25) is 4.90 Å². The molecule has 3 atom stereocenters. The van der Waals surface area contributed by atoms with Crippen LogP contribution in [-0.2, 0) is 11.2 Å². The largest absolute Gasteiger partial charge is 0.497 e. The van der Waals surface area contributed by atoms with Crippen molar-refractivity contribution in [2.75, 3.05) is 27.3 Å². The molecule has 0 bridgehead atoms. The zero-order valence-corrected chi connectivity index (χ0v) is 12.2. The third kappa shape index (κ3) is 2.55. The standard InChI is InChI=1S/C16H23NO3/c1-17(10-13-4-3-7-20-13)15-8-11-5-6-12(19-2)9-14(11)16(15)18/h5-6,9,13,15-16,18H,3-4,7-8,10H2,1-2H3. The van der Waals surface area contributed by atoms with E-state index in [9.17, 15) is 5.11 Å². The molecular formula is C16H23NO3. The van der Waals surface area contributed by atoms with Crippen molar-refractivity contribution in [3.8, 4) is 5.75 Å². The molecule has 4 nitrogen and oxygen atoms in total. The highest BCUT2D eigenvalue weighted by molar-refractivity contribution is 5.41. The third-order valence-corrected chi connectivity index (χ3v) is 4.55. The SMILES string of the molecule is COc1ccc2c(c1)C(O)C(N(C)CC1CCCO1)C2. The summed E-state index contributed by atoms with van der Waals surface area (Å²) in [6.07, 6.45) is 3.07. The second-order valence-electron chi connectivity index (χ2n) is 5.86. The number of aliphatic hydroxyl groups is 1. The Morgan fingerprint density at radius 3 is 3.00 bits per heavy atom. The predicted molar refractivity (Wildman–Crippen MR) is 77.0 cm³/mol. The Morgan fingerprint density at radius 2 is 2.30 bits per heavy atom. The van der Waals surface area contributed by atoms with Crippen molar-refractivity contribution < 1.29 is 14.6 Å². The fourth-order valence-corrected chi connectivity index (χ4v) is 3.35. The Kier molecular flexibility index (Phi) is 3.96. The summed E-state index contributed by atoms with van der Waals surface area (Å²) in [5.41, 5.74) is 2.23. The van der Waals surface area contributed by atoms with Crippen LogP contribution in [0.4, 0.5) is 0 Å². The van der Waals surface area contributed by atoms with Gasteiger partial charge in [-0.05, 0) is 49.6 Å². The zero-order valence-electron chi connectivity index (χ0n) is 12.2. The van der Waals surface area contributed by atoms with Gasteiger partial charge in [0.25, 0.3) is 0 Å². The molecule has 1 aliphatic carbocycles. The van der Waals surface area contributed by atoms with E-state index in [1.54, 1.807) is 7.11 Å². The molecule has 1 fully saturated rings. The lowest BCUT2D eigenvalue weighted by atomic mass is 10.1. The van der Waals surface area contributed by atoms with E-state index < -0.39 is 6.10 Å². The summed E-state index contributed by atoms with van der Waals surface area (Å²) in [6, 6.07) is 6.13. The fraction of sp³-hybridized carbons (Fsp3) is 0.625. The maximum atomic E-state index is 10.6. The van der Waals surface area contributed by atoms with E-state index in [1.165, 1.54) is 5.56 Å². The molecule has 1 aliphatic heterocycles. The third-order valence-electron chi connectivity index (χ3n) is 4.55. The number of hydrogen-bond acceptors (Lipinski definition) is 4. The summed E-state index contributed by atoms with van der Waals surface area (Å²) in [4.78, 5) is 2.24. The highest BCUT2D eigenvalue weighted by atomic mass is 16.5.